The fraction of sp³-hybridized carbons (Fsp3) is 0.833. The molecule has 0 atom stereocenters. The van der Waals surface area contributed by atoms with E-state index in [4.69, 9.17) is 9.47 Å². The third kappa shape index (κ3) is 3.60. The molecule has 0 spiro atoms. The molecule has 0 aromatic carbocycles. The van der Waals surface area contributed by atoms with Crippen LogP contribution >= 0.6 is 0 Å². The summed E-state index contributed by atoms with van der Waals surface area (Å²) in [4.78, 5) is 23.5. The summed E-state index contributed by atoms with van der Waals surface area (Å²) in [7, 11) is 0. The molecule has 1 fully saturated rings. The van der Waals surface area contributed by atoms with Gasteiger partial charge in [0.2, 0.25) is 0 Å². The lowest BCUT2D eigenvalue weighted by Gasteiger charge is -2.43. The molecule has 18 heavy (non-hydrogen) atoms. The third-order valence-electron chi connectivity index (χ3n) is 2.57. The van der Waals surface area contributed by atoms with Crippen molar-refractivity contribution in [3.8, 4) is 0 Å². The Morgan fingerprint density at radius 1 is 1.39 bits per heavy atom. The number of alkyl carbamates (subject to hydrolysis) is 1. The first kappa shape index (κ1) is 14.8. The van der Waals surface area contributed by atoms with Gasteiger partial charge in [0.25, 0.3) is 0 Å². The Kier molecular flexibility index (Phi) is 4.21. The molecular formula is C12H21NO5. The maximum atomic E-state index is 11.8. The van der Waals surface area contributed by atoms with Crippen LogP contribution in [0.4, 0.5) is 4.79 Å². The second kappa shape index (κ2) is 5.14. The maximum Gasteiger partial charge on any atom is 0.408 e. The van der Waals surface area contributed by atoms with Crippen LogP contribution in [-0.2, 0) is 14.3 Å². The van der Waals surface area contributed by atoms with E-state index >= 15 is 0 Å². The zero-order chi connectivity index (χ0) is 14.0. The first-order chi connectivity index (χ1) is 8.18. The van der Waals surface area contributed by atoms with Crippen molar-refractivity contribution in [3.63, 3.8) is 0 Å². The van der Waals surface area contributed by atoms with Gasteiger partial charge in [-0.15, -0.1) is 0 Å². The molecule has 0 saturated heterocycles. The number of carbonyl (C=O) groups is 2. The highest BCUT2D eigenvalue weighted by Crippen LogP contribution is 2.34. The molecule has 0 aromatic heterocycles. The van der Waals surface area contributed by atoms with Gasteiger partial charge in [-0.1, -0.05) is 0 Å². The Bertz CT molecular complexity index is 328. The second-order valence-electron chi connectivity index (χ2n) is 5.49. The van der Waals surface area contributed by atoms with Crippen molar-refractivity contribution in [2.24, 2.45) is 0 Å². The number of amides is 1. The van der Waals surface area contributed by atoms with Gasteiger partial charge in [-0.2, -0.15) is 0 Å². The number of hydrogen-bond acceptors (Lipinski definition) is 5. The fourth-order valence-electron chi connectivity index (χ4n) is 1.83. The Balaban J connectivity index is 2.64. The van der Waals surface area contributed by atoms with E-state index < -0.39 is 29.3 Å². The number of rotatable bonds is 3. The molecule has 104 valence electrons. The van der Waals surface area contributed by atoms with Crippen LogP contribution in [0, 0.1) is 0 Å². The van der Waals surface area contributed by atoms with E-state index in [1.165, 1.54) is 0 Å². The van der Waals surface area contributed by atoms with Crippen LogP contribution < -0.4 is 5.32 Å². The van der Waals surface area contributed by atoms with Gasteiger partial charge in [0, 0.05) is 12.8 Å². The molecule has 0 radical (unpaired) electrons. The molecule has 6 heteroatoms. The normalized spacial score (nSPS) is 27.1. The number of aliphatic hydroxyl groups is 1. The Hall–Kier alpha value is -1.30. The summed E-state index contributed by atoms with van der Waals surface area (Å²) in [6.45, 7) is 7.12. The highest BCUT2D eigenvalue weighted by atomic mass is 16.6. The van der Waals surface area contributed by atoms with Crippen LogP contribution in [0.25, 0.3) is 0 Å². The van der Waals surface area contributed by atoms with Crippen LogP contribution in [-0.4, -0.2) is 41.0 Å². The number of aliphatic hydroxyl groups excluding tert-OH is 1. The van der Waals surface area contributed by atoms with Crippen molar-refractivity contribution in [2.75, 3.05) is 6.61 Å². The van der Waals surface area contributed by atoms with E-state index in [1.807, 2.05) is 0 Å². The van der Waals surface area contributed by atoms with E-state index in [2.05, 4.69) is 5.32 Å². The zero-order valence-electron chi connectivity index (χ0n) is 11.3. The third-order valence-corrected chi connectivity index (χ3v) is 2.57. The first-order valence-corrected chi connectivity index (χ1v) is 6.05. The lowest BCUT2D eigenvalue weighted by atomic mass is 9.74. The van der Waals surface area contributed by atoms with Crippen molar-refractivity contribution < 1.29 is 24.2 Å². The number of esters is 1. The summed E-state index contributed by atoms with van der Waals surface area (Å²) in [6.07, 6.45) is -0.956. The Morgan fingerprint density at radius 2 is 1.94 bits per heavy atom. The Morgan fingerprint density at radius 3 is 2.33 bits per heavy atom. The van der Waals surface area contributed by atoms with Gasteiger partial charge >= 0.3 is 12.1 Å². The molecule has 6 nitrogen and oxygen atoms in total. The smallest absolute Gasteiger partial charge is 0.408 e. The van der Waals surface area contributed by atoms with Gasteiger partial charge in [-0.3, -0.25) is 0 Å². The highest BCUT2D eigenvalue weighted by Gasteiger charge is 2.52. The van der Waals surface area contributed by atoms with Crippen molar-refractivity contribution in [2.45, 2.75) is 57.8 Å². The van der Waals surface area contributed by atoms with E-state index in [1.54, 1.807) is 27.7 Å². The molecule has 0 heterocycles. The fourth-order valence-corrected chi connectivity index (χ4v) is 1.83. The van der Waals surface area contributed by atoms with Crippen molar-refractivity contribution in [3.05, 3.63) is 0 Å². The SMILES string of the molecule is CCOC(=O)[C@]1(NC(=O)OC(C)(C)C)C[C@H](O)C1. The van der Waals surface area contributed by atoms with Gasteiger partial charge < -0.3 is 19.9 Å². The summed E-state index contributed by atoms with van der Waals surface area (Å²) in [6, 6.07) is 0. The van der Waals surface area contributed by atoms with Crippen LogP contribution in [0.1, 0.15) is 40.5 Å². The van der Waals surface area contributed by atoms with Crippen molar-refractivity contribution in [1.29, 1.82) is 0 Å². The molecule has 1 saturated carbocycles. The second-order valence-corrected chi connectivity index (χ2v) is 5.49. The number of hydrogen-bond donors (Lipinski definition) is 2. The lowest BCUT2D eigenvalue weighted by molar-refractivity contribution is -0.160. The molecule has 1 amide bonds. The van der Waals surface area contributed by atoms with Crippen molar-refractivity contribution >= 4 is 12.1 Å². The topological polar surface area (TPSA) is 84.9 Å². The maximum absolute atomic E-state index is 11.8. The van der Waals surface area contributed by atoms with E-state index in [9.17, 15) is 14.7 Å². The molecule has 0 unspecified atom stereocenters. The van der Waals surface area contributed by atoms with Crippen LogP contribution in [0.15, 0.2) is 0 Å². The number of ether oxygens (including phenoxy) is 2. The molecule has 0 bridgehead atoms. The summed E-state index contributed by atoms with van der Waals surface area (Å²) >= 11 is 0. The summed E-state index contributed by atoms with van der Waals surface area (Å²) in [5, 5.41) is 11.9. The highest BCUT2D eigenvalue weighted by molar-refractivity contribution is 5.87. The monoisotopic (exact) mass is 259 g/mol. The van der Waals surface area contributed by atoms with E-state index in [0.717, 1.165) is 0 Å². The van der Waals surface area contributed by atoms with E-state index in [-0.39, 0.29) is 19.4 Å². The molecule has 0 aromatic rings. The van der Waals surface area contributed by atoms with Gasteiger partial charge in [-0.25, -0.2) is 9.59 Å². The lowest BCUT2D eigenvalue weighted by Crippen LogP contribution is -2.65. The van der Waals surface area contributed by atoms with Gasteiger partial charge in [0.15, 0.2) is 0 Å². The van der Waals surface area contributed by atoms with Crippen LogP contribution in [0.3, 0.4) is 0 Å². The molecule has 0 aliphatic heterocycles. The number of nitrogens with one attached hydrogen (secondary N) is 1. The first-order valence-electron chi connectivity index (χ1n) is 6.05. The molecule has 1 aliphatic rings. The van der Waals surface area contributed by atoms with Gasteiger partial charge in [0.05, 0.1) is 12.7 Å². The van der Waals surface area contributed by atoms with Crippen LogP contribution in [0.5, 0.6) is 0 Å². The number of carbonyl (C=O) groups excluding carboxylic acids is 2. The molecule has 2 N–H and O–H groups in total. The van der Waals surface area contributed by atoms with Gasteiger partial charge in [-0.05, 0) is 27.7 Å². The average molecular weight is 259 g/mol. The average Bonchev–Trinajstić information content (AvgIpc) is 2.11. The Labute approximate surface area is 107 Å². The summed E-state index contributed by atoms with van der Waals surface area (Å²) in [5.41, 5.74) is -1.78. The van der Waals surface area contributed by atoms with Crippen molar-refractivity contribution in [1.82, 2.24) is 5.32 Å². The quantitative estimate of drug-likeness (QED) is 0.738. The van der Waals surface area contributed by atoms with Gasteiger partial charge in [0.1, 0.15) is 11.1 Å². The summed E-state index contributed by atoms with van der Waals surface area (Å²) in [5.74, 6) is -0.527. The minimum absolute atomic E-state index is 0.158. The zero-order valence-corrected chi connectivity index (χ0v) is 11.3. The minimum Gasteiger partial charge on any atom is -0.464 e. The molecule has 1 aliphatic carbocycles. The molecular weight excluding hydrogens is 238 g/mol. The predicted octanol–water partition coefficient (Wildman–Crippen LogP) is 0.968. The standard InChI is InChI=1S/C12H21NO5/c1-5-17-9(15)12(6-8(14)7-12)13-10(16)18-11(2,3)4/h8,14H,5-7H2,1-4H3,(H,13,16)/t8-,12-. The predicted molar refractivity (Wildman–Crippen MR) is 64.0 cm³/mol. The van der Waals surface area contributed by atoms with Crippen LogP contribution in [0.2, 0.25) is 0 Å². The molecule has 1 rings (SSSR count). The van der Waals surface area contributed by atoms with E-state index in [0.29, 0.717) is 0 Å². The largest absolute Gasteiger partial charge is 0.464 e. The summed E-state index contributed by atoms with van der Waals surface area (Å²) < 4.78 is 10.0. The minimum atomic E-state index is -1.14.